The molecule has 8 aromatic rings. The van der Waals surface area contributed by atoms with E-state index in [1.807, 2.05) is 12.1 Å². The van der Waals surface area contributed by atoms with Gasteiger partial charge in [-0.05, 0) is 81.3 Å². The molecular weight excluding hydrogens is 681 g/mol. The van der Waals surface area contributed by atoms with Gasteiger partial charge >= 0.3 is 0 Å². The monoisotopic (exact) mass is 716 g/mol. The Kier molecular flexibility index (Phi) is 7.53. The zero-order chi connectivity index (χ0) is 37.1. The van der Waals surface area contributed by atoms with E-state index in [1.54, 1.807) is 0 Å². The first-order valence-corrected chi connectivity index (χ1v) is 19.3. The van der Waals surface area contributed by atoms with Crippen LogP contribution in [-0.2, 0) is 5.41 Å². The maximum Gasteiger partial charge on any atom is 0.136 e. The molecule has 3 aliphatic rings. The SMILES string of the molecule is C1=CC(c2nc(-c3ccccc3)cc(-c3ccccc3)n2)CC(c2cccc(-c3ccc4c(c3)C3(c5ccccc5O4)c4ccccc4-c4ccccc43)c2)=C1. The number of aromatic nitrogens is 2. The molecule has 2 aliphatic carbocycles. The van der Waals surface area contributed by atoms with E-state index in [9.17, 15) is 0 Å². The number of allylic oxidation sites excluding steroid dienone is 4. The van der Waals surface area contributed by atoms with Crippen molar-refractivity contribution in [3.63, 3.8) is 0 Å². The third-order valence-electron chi connectivity index (χ3n) is 11.7. The van der Waals surface area contributed by atoms with Gasteiger partial charge in [0.05, 0.1) is 16.8 Å². The second-order valence-corrected chi connectivity index (χ2v) is 14.8. The fourth-order valence-corrected chi connectivity index (χ4v) is 9.15. The molecule has 1 aliphatic heterocycles. The molecule has 1 spiro atoms. The van der Waals surface area contributed by atoms with E-state index in [1.165, 1.54) is 50.1 Å². The molecule has 0 N–H and O–H groups in total. The van der Waals surface area contributed by atoms with Crippen LogP contribution >= 0.6 is 0 Å². The first-order chi connectivity index (χ1) is 27.7. The summed E-state index contributed by atoms with van der Waals surface area (Å²) in [5.41, 5.74) is 15.8. The van der Waals surface area contributed by atoms with E-state index < -0.39 is 5.41 Å². The molecule has 3 heteroatoms. The number of hydrogen-bond acceptors (Lipinski definition) is 3. The highest BCUT2D eigenvalue weighted by Crippen LogP contribution is 2.62. The van der Waals surface area contributed by atoms with Crippen LogP contribution in [0.3, 0.4) is 0 Å². The maximum atomic E-state index is 6.70. The molecule has 2 heterocycles. The van der Waals surface area contributed by atoms with Gasteiger partial charge in [0.1, 0.15) is 17.3 Å². The largest absolute Gasteiger partial charge is 0.457 e. The Labute approximate surface area is 327 Å². The molecule has 7 aromatic carbocycles. The predicted octanol–water partition coefficient (Wildman–Crippen LogP) is 13.1. The number of benzene rings is 7. The average molecular weight is 717 g/mol. The molecule has 3 nitrogen and oxygen atoms in total. The summed E-state index contributed by atoms with van der Waals surface area (Å²) in [6.45, 7) is 0. The summed E-state index contributed by atoms with van der Waals surface area (Å²) >= 11 is 0. The molecule has 0 saturated carbocycles. The lowest BCUT2D eigenvalue weighted by Crippen LogP contribution is -2.32. The number of para-hydroxylation sites is 1. The summed E-state index contributed by atoms with van der Waals surface area (Å²) in [5.74, 6) is 2.67. The van der Waals surface area contributed by atoms with Gasteiger partial charge in [0.25, 0.3) is 0 Å². The van der Waals surface area contributed by atoms with Gasteiger partial charge in [-0.15, -0.1) is 0 Å². The molecule has 0 amide bonds. The molecule has 1 aromatic heterocycles. The zero-order valence-corrected chi connectivity index (χ0v) is 30.6. The van der Waals surface area contributed by atoms with Gasteiger partial charge in [0, 0.05) is 28.2 Å². The van der Waals surface area contributed by atoms with Crippen LogP contribution in [0.2, 0.25) is 0 Å². The van der Waals surface area contributed by atoms with Crippen molar-refractivity contribution < 1.29 is 4.74 Å². The lowest BCUT2D eigenvalue weighted by Gasteiger charge is -2.39. The van der Waals surface area contributed by atoms with E-state index in [0.717, 1.165) is 51.8 Å². The van der Waals surface area contributed by atoms with Crippen LogP contribution in [0.15, 0.2) is 200 Å². The third-order valence-corrected chi connectivity index (χ3v) is 11.7. The highest BCUT2D eigenvalue weighted by atomic mass is 16.5. The zero-order valence-electron chi connectivity index (χ0n) is 30.6. The van der Waals surface area contributed by atoms with Gasteiger partial charge in [0.15, 0.2) is 0 Å². The van der Waals surface area contributed by atoms with Gasteiger partial charge in [-0.2, -0.15) is 0 Å². The minimum absolute atomic E-state index is 0.0353. The van der Waals surface area contributed by atoms with Crippen LogP contribution < -0.4 is 4.74 Å². The summed E-state index contributed by atoms with van der Waals surface area (Å²) in [4.78, 5) is 10.3. The predicted molar refractivity (Wildman–Crippen MR) is 227 cm³/mol. The van der Waals surface area contributed by atoms with Gasteiger partial charge in [0.2, 0.25) is 0 Å². The van der Waals surface area contributed by atoms with Crippen LogP contribution in [0.25, 0.3) is 50.3 Å². The summed E-state index contributed by atoms with van der Waals surface area (Å²) < 4.78 is 6.70. The van der Waals surface area contributed by atoms with Crippen molar-refractivity contribution in [1.29, 1.82) is 0 Å². The second-order valence-electron chi connectivity index (χ2n) is 14.8. The van der Waals surface area contributed by atoms with Crippen molar-refractivity contribution in [2.45, 2.75) is 17.8 Å². The van der Waals surface area contributed by atoms with E-state index in [0.29, 0.717) is 0 Å². The van der Waals surface area contributed by atoms with Crippen molar-refractivity contribution in [2.24, 2.45) is 0 Å². The normalized spacial score (nSPS) is 15.6. The third kappa shape index (κ3) is 5.12. The Morgan fingerprint density at radius 1 is 0.446 bits per heavy atom. The molecule has 0 radical (unpaired) electrons. The fourth-order valence-electron chi connectivity index (χ4n) is 9.15. The Morgan fingerprint density at radius 2 is 1.00 bits per heavy atom. The van der Waals surface area contributed by atoms with Gasteiger partial charge < -0.3 is 4.74 Å². The van der Waals surface area contributed by atoms with E-state index in [-0.39, 0.29) is 5.92 Å². The molecule has 1 atom stereocenters. The van der Waals surface area contributed by atoms with Crippen LogP contribution in [0, 0.1) is 0 Å². The molecule has 0 saturated heterocycles. The minimum atomic E-state index is -0.498. The molecule has 11 rings (SSSR count). The fraction of sp³-hybridized carbons (Fsp3) is 0.0566. The number of hydrogen-bond donors (Lipinski definition) is 0. The highest BCUT2D eigenvalue weighted by Gasteiger charge is 2.51. The van der Waals surface area contributed by atoms with E-state index >= 15 is 0 Å². The van der Waals surface area contributed by atoms with Crippen molar-refractivity contribution in [3.05, 3.63) is 234 Å². The summed E-state index contributed by atoms with van der Waals surface area (Å²) in [6.07, 6.45) is 7.46. The average Bonchev–Trinajstić information content (AvgIpc) is 3.57. The quantitative estimate of drug-likeness (QED) is 0.178. The number of ether oxygens (including phenoxy) is 1. The van der Waals surface area contributed by atoms with Crippen molar-refractivity contribution in [1.82, 2.24) is 9.97 Å². The van der Waals surface area contributed by atoms with Crippen molar-refractivity contribution >= 4 is 5.57 Å². The molecule has 264 valence electrons. The van der Waals surface area contributed by atoms with Crippen molar-refractivity contribution in [2.75, 3.05) is 0 Å². The first kappa shape index (κ1) is 32.3. The lowest BCUT2D eigenvalue weighted by molar-refractivity contribution is 0.436. The molecule has 0 fully saturated rings. The second kappa shape index (κ2) is 13.0. The molecule has 56 heavy (non-hydrogen) atoms. The lowest BCUT2D eigenvalue weighted by atomic mass is 9.66. The highest BCUT2D eigenvalue weighted by molar-refractivity contribution is 5.89. The molecular formula is C53H36N2O. The number of fused-ring (bicyclic) bond motifs is 9. The maximum absolute atomic E-state index is 6.70. The van der Waals surface area contributed by atoms with E-state index in [4.69, 9.17) is 14.7 Å². The van der Waals surface area contributed by atoms with Gasteiger partial charge in [-0.1, -0.05) is 170 Å². The Morgan fingerprint density at radius 3 is 1.70 bits per heavy atom. The standard InChI is InChI=1S/C53H36N2O/c1-3-15-35(16-4-1)48-34-49(36-17-5-2-6-18-36)55-52(54-48)41-22-14-21-39(32-41)37-19-13-20-38(31-37)40-29-30-51-47(33-40)53(46-27-11-12-28-50(46)56-51)44-25-9-7-23-42(44)43-24-8-10-26-45(43)53/h1-31,33-34,41H,32H2. The first-order valence-electron chi connectivity index (χ1n) is 19.3. The molecule has 0 bridgehead atoms. The summed E-state index contributed by atoms with van der Waals surface area (Å²) in [6, 6.07) is 64.9. The van der Waals surface area contributed by atoms with Crippen LogP contribution in [-0.4, -0.2) is 9.97 Å². The Bertz CT molecular complexity index is 2770. The van der Waals surface area contributed by atoms with Gasteiger partial charge in [-0.25, -0.2) is 9.97 Å². The number of nitrogens with zero attached hydrogens (tertiary/aromatic N) is 2. The van der Waals surface area contributed by atoms with Crippen molar-refractivity contribution in [3.8, 4) is 56.3 Å². The smallest absolute Gasteiger partial charge is 0.136 e. The Hall–Kier alpha value is -7.10. The van der Waals surface area contributed by atoms with Crippen LogP contribution in [0.5, 0.6) is 11.5 Å². The van der Waals surface area contributed by atoms with Crippen LogP contribution in [0.1, 0.15) is 46.0 Å². The Balaban J connectivity index is 0.981. The summed E-state index contributed by atoms with van der Waals surface area (Å²) in [5, 5.41) is 0. The topological polar surface area (TPSA) is 35.0 Å². The molecule has 1 unspecified atom stereocenters. The summed E-state index contributed by atoms with van der Waals surface area (Å²) in [7, 11) is 0. The van der Waals surface area contributed by atoms with Crippen LogP contribution in [0.4, 0.5) is 0 Å². The minimum Gasteiger partial charge on any atom is -0.457 e. The number of rotatable bonds is 5. The van der Waals surface area contributed by atoms with E-state index in [2.05, 4.69) is 188 Å². The van der Waals surface area contributed by atoms with Gasteiger partial charge in [-0.3, -0.25) is 0 Å².